The van der Waals surface area contributed by atoms with Gasteiger partial charge >= 0.3 is 0 Å². The minimum absolute atomic E-state index is 0.219. The summed E-state index contributed by atoms with van der Waals surface area (Å²) < 4.78 is 3.79. The van der Waals surface area contributed by atoms with E-state index in [4.69, 9.17) is 0 Å². The van der Waals surface area contributed by atoms with E-state index >= 15 is 0 Å². The fourth-order valence-corrected chi connectivity index (χ4v) is 1.67. The van der Waals surface area contributed by atoms with Crippen LogP contribution in [0.3, 0.4) is 0 Å². The molecule has 0 saturated carbocycles. The van der Waals surface area contributed by atoms with E-state index in [0.29, 0.717) is 0 Å². The van der Waals surface area contributed by atoms with Crippen LogP contribution in [-0.4, -0.2) is 15.5 Å². The molecule has 1 amide bonds. The Morgan fingerprint density at radius 2 is 2.12 bits per heavy atom. The van der Waals surface area contributed by atoms with E-state index in [1.54, 1.807) is 0 Å². The molecule has 4 nitrogen and oxygen atoms in total. The van der Waals surface area contributed by atoms with Gasteiger partial charge in [0.2, 0.25) is 5.91 Å². The molecule has 0 bridgehead atoms. The first-order valence-corrected chi connectivity index (χ1v) is 5.44. The van der Waals surface area contributed by atoms with Crippen molar-refractivity contribution < 1.29 is 4.79 Å². The summed E-state index contributed by atoms with van der Waals surface area (Å²) in [5, 5.41) is 8.50. The summed E-state index contributed by atoms with van der Waals surface area (Å²) in [7, 11) is 0. The number of amides is 1. The van der Waals surface area contributed by atoms with Gasteiger partial charge < -0.3 is 5.32 Å². The van der Waals surface area contributed by atoms with Gasteiger partial charge in [0.05, 0.1) is 0 Å². The number of anilines is 1. The molecule has 0 radical (unpaired) electrons. The summed E-state index contributed by atoms with van der Waals surface area (Å²) >= 11 is 1.31. The van der Waals surface area contributed by atoms with Crippen molar-refractivity contribution >= 4 is 23.1 Å². The molecular formula is C11H9N3OS. The molecule has 80 valence electrons. The van der Waals surface area contributed by atoms with Crippen LogP contribution in [0.1, 0.15) is 0 Å². The van der Waals surface area contributed by atoms with Crippen LogP contribution < -0.4 is 5.32 Å². The van der Waals surface area contributed by atoms with Crippen molar-refractivity contribution in [2.45, 2.75) is 0 Å². The van der Waals surface area contributed by atoms with E-state index in [9.17, 15) is 4.79 Å². The SMILES string of the molecule is C=CC(=O)Nc1ccc(-c2csnn2)cc1. The lowest BCUT2D eigenvalue weighted by atomic mass is 10.1. The zero-order valence-corrected chi connectivity index (χ0v) is 9.20. The zero-order chi connectivity index (χ0) is 11.4. The topological polar surface area (TPSA) is 54.9 Å². The standard InChI is InChI=1S/C11H9N3OS/c1-2-11(15)12-9-5-3-8(4-6-9)10-7-16-14-13-10/h2-7H,1H2,(H,12,15). The van der Waals surface area contributed by atoms with Gasteiger partial charge in [0.15, 0.2) is 0 Å². The second kappa shape index (κ2) is 4.67. The lowest BCUT2D eigenvalue weighted by Crippen LogP contribution is -2.06. The number of benzene rings is 1. The lowest BCUT2D eigenvalue weighted by molar-refractivity contribution is -0.111. The Morgan fingerprint density at radius 3 is 2.69 bits per heavy atom. The van der Waals surface area contributed by atoms with Crippen molar-refractivity contribution in [3.05, 3.63) is 42.3 Å². The van der Waals surface area contributed by atoms with Gasteiger partial charge in [-0.3, -0.25) is 4.79 Å². The van der Waals surface area contributed by atoms with Gasteiger partial charge in [0.25, 0.3) is 0 Å². The summed E-state index contributed by atoms with van der Waals surface area (Å²) in [5.74, 6) is -0.219. The number of carbonyl (C=O) groups excluding carboxylic acids is 1. The quantitative estimate of drug-likeness (QED) is 0.825. The average molecular weight is 231 g/mol. The van der Waals surface area contributed by atoms with Gasteiger partial charge in [-0.15, -0.1) is 5.10 Å². The number of hydrogen-bond acceptors (Lipinski definition) is 4. The van der Waals surface area contributed by atoms with Crippen molar-refractivity contribution in [2.75, 3.05) is 5.32 Å². The highest BCUT2D eigenvalue weighted by atomic mass is 32.1. The fraction of sp³-hybridized carbons (Fsp3) is 0. The van der Waals surface area contributed by atoms with E-state index in [1.807, 2.05) is 29.6 Å². The van der Waals surface area contributed by atoms with Crippen LogP contribution in [0.4, 0.5) is 5.69 Å². The molecule has 1 N–H and O–H groups in total. The largest absolute Gasteiger partial charge is 0.323 e. The monoisotopic (exact) mass is 231 g/mol. The number of hydrogen-bond donors (Lipinski definition) is 1. The molecule has 0 spiro atoms. The Bertz CT molecular complexity index is 490. The zero-order valence-electron chi connectivity index (χ0n) is 8.38. The summed E-state index contributed by atoms with van der Waals surface area (Å²) in [6, 6.07) is 7.40. The predicted molar refractivity (Wildman–Crippen MR) is 64.2 cm³/mol. The van der Waals surface area contributed by atoms with Crippen molar-refractivity contribution in [3.8, 4) is 11.3 Å². The maximum Gasteiger partial charge on any atom is 0.247 e. The minimum Gasteiger partial charge on any atom is -0.323 e. The highest BCUT2D eigenvalue weighted by Crippen LogP contribution is 2.19. The molecular weight excluding hydrogens is 222 g/mol. The van der Waals surface area contributed by atoms with E-state index in [0.717, 1.165) is 16.9 Å². The molecule has 16 heavy (non-hydrogen) atoms. The summed E-state index contributed by atoms with van der Waals surface area (Å²) in [6.07, 6.45) is 1.23. The summed E-state index contributed by atoms with van der Waals surface area (Å²) in [6.45, 7) is 3.39. The van der Waals surface area contributed by atoms with Crippen LogP contribution >= 0.6 is 11.5 Å². The van der Waals surface area contributed by atoms with Crippen LogP contribution in [0.25, 0.3) is 11.3 Å². The summed E-state index contributed by atoms with van der Waals surface area (Å²) in [4.78, 5) is 11.0. The Labute approximate surface area is 96.8 Å². The third kappa shape index (κ3) is 2.32. The Hall–Kier alpha value is -2.01. The third-order valence-corrected chi connectivity index (χ3v) is 2.50. The van der Waals surface area contributed by atoms with Crippen molar-refractivity contribution in [1.29, 1.82) is 0 Å². The molecule has 1 aromatic heterocycles. The first-order chi connectivity index (χ1) is 7.79. The predicted octanol–water partition coefficient (Wildman–Crippen LogP) is 2.33. The fourth-order valence-electron chi connectivity index (χ4n) is 1.21. The summed E-state index contributed by atoms with van der Waals surface area (Å²) in [5.41, 5.74) is 2.55. The van der Waals surface area contributed by atoms with E-state index in [2.05, 4.69) is 21.5 Å². The van der Waals surface area contributed by atoms with E-state index in [-0.39, 0.29) is 5.91 Å². The van der Waals surface area contributed by atoms with Gasteiger partial charge in [-0.25, -0.2) is 0 Å². The Morgan fingerprint density at radius 1 is 1.38 bits per heavy atom. The van der Waals surface area contributed by atoms with Gasteiger partial charge in [-0.05, 0) is 29.7 Å². The maximum absolute atomic E-state index is 11.0. The molecule has 0 aliphatic carbocycles. The second-order valence-corrected chi connectivity index (χ2v) is 3.67. The molecule has 2 rings (SSSR count). The average Bonchev–Trinajstić information content (AvgIpc) is 2.83. The minimum atomic E-state index is -0.219. The molecule has 0 aliphatic heterocycles. The number of rotatable bonds is 3. The van der Waals surface area contributed by atoms with Crippen LogP contribution in [0.15, 0.2) is 42.3 Å². The Kier molecular flexibility index (Phi) is 3.07. The maximum atomic E-state index is 11.0. The van der Waals surface area contributed by atoms with Crippen molar-refractivity contribution in [2.24, 2.45) is 0 Å². The second-order valence-electron chi connectivity index (χ2n) is 3.06. The molecule has 5 heteroatoms. The molecule has 0 unspecified atom stereocenters. The smallest absolute Gasteiger partial charge is 0.247 e. The van der Waals surface area contributed by atoms with Crippen molar-refractivity contribution in [3.63, 3.8) is 0 Å². The third-order valence-electron chi connectivity index (χ3n) is 1.99. The number of carbonyl (C=O) groups is 1. The molecule has 0 aliphatic rings. The molecule has 1 heterocycles. The highest BCUT2D eigenvalue weighted by Gasteiger charge is 2.01. The van der Waals surface area contributed by atoms with Crippen LogP contribution in [-0.2, 0) is 4.79 Å². The Balaban J connectivity index is 2.17. The van der Waals surface area contributed by atoms with Gasteiger partial charge in [0, 0.05) is 16.6 Å². The first kappa shape index (κ1) is 10.5. The molecule has 2 aromatic rings. The molecule has 1 aromatic carbocycles. The lowest BCUT2D eigenvalue weighted by Gasteiger charge is -2.02. The van der Waals surface area contributed by atoms with Gasteiger partial charge in [-0.2, -0.15) is 0 Å². The number of nitrogens with zero attached hydrogens (tertiary/aromatic N) is 2. The van der Waals surface area contributed by atoms with E-state index in [1.165, 1.54) is 17.6 Å². The molecule has 0 atom stereocenters. The normalized spacial score (nSPS) is 9.75. The van der Waals surface area contributed by atoms with Gasteiger partial charge in [0.1, 0.15) is 5.69 Å². The molecule has 0 saturated heterocycles. The number of nitrogens with one attached hydrogen (secondary N) is 1. The first-order valence-electron chi connectivity index (χ1n) is 4.60. The van der Waals surface area contributed by atoms with E-state index < -0.39 is 0 Å². The molecule has 0 fully saturated rings. The van der Waals surface area contributed by atoms with Crippen LogP contribution in [0, 0.1) is 0 Å². The van der Waals surface area contributed by atoms with Crippen LogP contribution in [0.5, 0.6) is 0 Å². The van der Waals surface area contributed by atoms with Crippen molar-refractivity contribution in [1.82, 2.24) is 9.59 Å². The highest BCUT2D eigenvalue weighted by molar-refractivity contribution is 7.03. The number of aromatic nitrogens is 2. The van der Waals surface area contributed by atoms with Gasteiger partial charge in [-0.1, -0.05) is 23.2 Å². The van der Waals surface area contributed by atoms with Crippen LogP contribution in [0.2, 0.25) is 0 Å².